The molecular formula is C16H24N2O. The minimum Gasteiger partial charge on any atom is -0.399 e. The molecule has 1 aliphatic carbocycles. The molecule has 1 aliphatic rings. The van der Waals surface area contributed by atoms with Crippen LogP contribution in [0.5, 0.6) is 0 Å². The number of carbonyl (C=O) groups excluding carboxylic acids is 1. The molecule has 1 fully saturated rings. The first-order valence-corrected chi connectivity index (χ1v) is 7.29. The molecule has 19 heavy (non-hydrogen) atoms. The summed E-state index contributed by atoms with van der Waals surface area (Å²) in [6.45, 7) is 2.13. The van der Waals surface area contributed by atoms with Gasteiger partial charge in [0, 0.05) is 11.7 Å². The third-order valence-electron chi connectivity index (χ3n) is 4.06. The predicted molar refractivity (Wildman–Crippen MR) is 78.7 cm³/mol. The predicted octanol–water partition coefficient (Wildman–Crippen LogP) is 2.90. The van der Waals surface area contributed by atoms with Gasteiger partial charge in [0.1, 0.15) is 0 Å². The average molecular weight is 260 g/mol. The Bertz CT molecular complexity index is 425. The summed E-state index contributed by atoms with van der Waals surface area (Å²) >= 11 is 0. The van der Waals surface area contributed by atoms with Gasteiger partial charge < -0.3 is 11.1 Å². The van der Waals surface area contributed by atoms with Crippen LogP contribution in [0.4, 0.5) is 5.69 Å². The minimum absolute atomic E-state index is 0.101. The van der Waals surface area contributed by atoms with Crippen LogP contribution in [0.3, 0.4) is 0 Å². The van der Waals surface area contributed by atoms with Gasteiger partial charge in [-0.25, -0.2) is 0 Å². The highest BCUT2D eigenvalue weighted by molar-refractivity contribution is 5.79. The summed E-state index contributed by atoms with van der Waals surface area (Å²) in [5.74, 6) is 0.752. The Morgan fingerprint density at radius 2 is 2.11 bits per heavy atom. The van der Waals surface area contributed by atoms with Crippen LogP contribution >= 0.6 is 0 Å². The van der Waals surface area contributed by atoms with E-state index in [-0.39, 0.29) is 11.9 Å². The maximum absolute atomic E-state index is 12.0. The zero-order valence-electron chi connectivity index (χ0n) is 11.7. The van der Waals surface area contributed by atoms with Crippen LogP contribution in [0.15, 0.2) is 24.3 Å². The Morgan fingerprint density at radius 3 is 2.79 bits per heavy atom. The monoisotopic (exact) mass is 260 g/mol. The number of nitrogen functional groups attached to an aromatic ring is 1. The molecule has 0 aromatic heterocycles. The molecule has 1 amide bonds. The zero-order chi connectivity index (χ0) is 13.7. The highest BCUT2D eigenvalue weighted by atomic mass is 16.1. The minimum atomic E-state index is 0.101. The van der Waals surface area contributed by atoms with E-state index in [0.717, 1.165) is 5.56 Å². The molecule has 104 valence electrons. The summed E-state index contributed by atoms with van der Waals surface area (Å²) in [5, 5.41) is 3.14. The molecule has 1 saturated carbocycles. The summed E-state index contributed by atoms with van der Waals surface area (Å²) in [6.07, 6.45) is 6.88. The van der Waals surface area contributed by atoms with Crippen LogP contribution in [0.1, 0.15) is 44.6 Å². The van der Waals surface area contributed by atoms with Crippen LogP contribution in [0.25, 0.3) is 0 Å². The molecule has 2 rings (SSSR count). The highest BCUT2D eigenvalue weighted by Crippen LogP contribution is 2.26. The number of rotatable bonds is 4. The average Bonchev–Trinajstić information content (AvgIpc) is 2.39. The van der Waals surface area contributed by atoms with E-state index in [2.05, 4.69) is 12.2 Å². The molecule has 3 nitrogen and oxygen atoms in total. The van der Waals surface area contributed by atoms with Gasteiger partial charge in [-0.05, 0) is 43.4 Å². The summed E-state index contributed by atoms with van der Waals surface area (Å²) in [6, 6.07) is 7.83. The van der Waals surface area contributed by atoms with E-state index in [1.807, 2.05) is 24.3 Å². The normalized spacial score (nSPS) is 17.9. The van der Waals surface area contributed by atoms with E-state index < -0.39 is 0 Å². The van der Waals surface area contributed by atoms with Gasteiger partial charge in [0.25, 0.3) is 0 Å². The molecule has 0 aliphatic heterocycles. The van der Waals surface area contributed by atoms with Gasteiger partial charge in [-0.2, -0.15) is 0 Å². The maximum atomic E-state index is 12.0. The molecule has 0 saturated heterocycles. The SMILES string of the molecule is C[C@H](NC(=O)Cc1cccc(N)c1)C1CCCCC1. The number of benzene rings is 1. The zero-order valence-corrected chi connectivity index (χ0v) is 11.7. The number of hydrogen-bond donors (Lipinski definition) is 2. The van der Waals surface area contributed by atoms with Gasteiger partial charge in [-0.3, -0.25) is 4.79 Å². The molecule has 0 unspecified atom stereocenters. The Morgan fingerprint density at radius 1 is 1.37 bits per heavy atom. The van der Waals surface area contributed by atoms with Crippen molar-refractivity contribution in [2.75, 3.05) is 5.73 Å². The van der Waals surface area contributed by atoms with Crippen molar-refractivity contribution in [1.29, 1.82) is 0 Å². The van der Waals surface area contributed by atoms with E-state index in [4.69, 9.17) is 5.73 Å². The van der Waals surface area contributed by atoms with E-state index in [1.54, 1.807) is 0 Å². The van der Waals surface area contributed by atoms with E-state index in [1.165, 1.54) is 32.1 Å². The quantitative estimate of drug-likeness (QED) is 0.818. The van der Waals surface area contributed by atoms with E-state index in [0.29, 0.717) is 18.0 Å². The van der Waals surface area contributed by atoms with Crippen LogP contribution < -0.4 is 11.1 Å². The molecule has 1 aromatic carbocycles. The fourth-order valence-corrected chi connectivity index (χ4v) is 2.95. The topological polar surface area (TPSA) is 55.1 Å². The van der Waals surface area contributed by atoms with Gasteiger partial charge in [0.05, 0.1) is 6.42 Å². The largest absolute Gasteiger partial charge is 0.399 e. The summed E-state index contributed by atoms with van der Waals surface area (Å²) in [4.78, 5) is 12.0. The number of nitrogens with two attached hydrogens (primary N) is 1. The number of carbonyl (C=O) groups is 1. The van der Waals surface area contributed by atoms with Gasteiger partial charge >= 0.3 is 0 Å². The van der Waals surface area contributed by atoms with Crippen LogP contribution in [0, 0.1) is 5.92 Å². The lowest BCUT2D eigenvalue weighted by Gasteiger charge is -2.28. The first kappa shape index (κ1) is 13.9. The van der Waals surface area contributed by atoms with Crippen molar-refractivity contribution >= 4 is 11.6 Å². The van der Waals surface area contributed by atoms with E-state index in [9.17, 15) is 4.79 Å². The highest BCUT2D eigenvalue weighted by Gasteiger charge is 2.21. The third kappa shape index (κ3) is 4.27. The lowest BCUT2D eigenvalue weighted by atomic mass is 9.84. The number of amides is 1. The van der Waals surface area contributed by atoms with Crippen molar-refractivity contribution in [2.45, 2.75) is 51.5 Å². The summed E-state index contributed by atoms with van der Waals surface area (Å²) in [7, 11) is 0. The summed E-state index contributed by atoms with van der Waals surface area (Å²) < 4.78 is 0. The fourth-order valence-electron chi connectivity index (χ4n) is 2.95. The van der Waals surface area contributed by atoms with Crippen LogP contribution in [-0.2, 0) is 11.2 Å². The van der Waals surface area contributed by atoms with Crippen molar-refractivity contribution in [3.63, 3.8) is 0 Å². The second-order valence-corrected chi connectivity index (χ2v) is 5.68. The number of nitrogens with one attached hydrogen (secondary N) is 1. The van der Waals surface area contributed by atoms with Gasteiger partial charge in [-0.15, -0.1) is 0 Å². The maximum Gasteiger partial charge on any atom is 0.224 e. The first-order chi connectivity index (χ1) is 9.15. The van der Waals surface area contributed by atoms with Crippen LogP contribution in [-0.4, -0.2) is 11.9 Å². The molecular weight excluding hydrogens is 236 g/mol. The molecule has 0 heterocycles. The second kappa shape index (κ2) is 6.60. The van der Waals surface area contributed by atoms with Crippen molar-refractivity contribution in [3.05, 3.63) is 29.8 Å². The Labute approximate surface area is 115 Å². The van der Waals surface area contributed by atoms with Crippen molar-refractivity contribution in [3.8, 4) is 0 Å². The molecule has 0 radical (unpaired) electrons. The molecule has 0 bridgehead atoms. The molecule has 1 aromatic rings. The van der Waals surface area contributed by atoms with Gasteiger partial charge in [0.15, 0.2) is 0 Å². The lowest BCUT2D eigenvalue weighted by Crippen LogP contribution is -2.39. The Kier molecular flexibility index (Phi) is 4.83. The third-order valence-corrected chi connectivity index (χ3v) is 4.06. The Hall–Kier alpha value is -1.51. The lowest BCUT2D eigenvalue weighted by molar-refractivity contribution is -0.121. The fraction of sp³-hybridized carbons (Fsp3) is 0.562. The molecule has 3 heteroatoms. The van der Waals surface area contributed by atoms with E-state index >= 15 is 0 Å². The number of hydrogen-bond acceptors (Lipinski definition) is 2. The smallest absolute Gasteiger partial charge is 0.224 e. The molecule has 0 spiro atoms. The standard InChI is InChI=1S/C16H24N2O/c1-12(14-7-3-2-4-8-14)18-16(19)11-13-6-5-9-15(17)10-13/h5-6,9-10,12,14H,2-4,7-8,11,17H2,1H3,(H,18,19)/t12-/m0/s1. The number of anilines is 1. The molecule has 1 atom stereocenters. The van der Waals surface area contributed by atoms with Gasteiger partial charge in [-0.1, -0.05) is 31.4 Å². The summed E-state index contributed by atoms with van der Waals surface area (Å²) in [5.41, 5.74) is 7.41. The first-order valence-electron chi connectivity index (χ1n) is 7.29. The van der Waals surface area contributed by atoms with Crippen molar-refractivity contribution < 1.29 is 4.79 Å². The molecule has 3 N–H and O–H groups in total. The van der Waals surface area contributed by atoms with Crippen LogP contribution in [0.2, 0.25) is 0 Å². The van der Waals surface area contributed by atoms with Crippen molar-refractivity contribution in [1.82, 2.24) is 5.32 Å². The second-order valence-electron chi connectivity index (χ2n) is 5.68. The Balaban J connectivity index is 1.83. The van der Waals surface area contributed by atoms with Crippen molar-refractivity contribution in [2.24, 2.45) is 5.92 Å². The van der Waals surface area contributed by atoms with Gasteiger partial charge in [0.2, 0.25) is 5.91 Å².